The molecular weight excluding hydrogens is 186 g/mol. The molecule has 50 valence electrons. The first-order chi connectivity index (χ1) is 4.04. The molecule has 1 N–H and O–H groups in total. The molecule has 3 nitrogen and oxygen atoms in total. The second-order valence-corrected chi connectivity index (χ2v) is 2.51. The first kappa shape index (κ1) is 8.36. The van der Waals surface area contributed by atoms with Gasteiger partial charge in [-0.2, -0.15) is 0 Å². The van der Waals surface area contributed by atoms with E-state index in [1.54, 1.807) is 6.92 Å². The fourth-order valence-electron chi connectivity index (χ4n) is 0.234. The van der Waals surface area contributed by atoms with Crippen molar-refractivity contribution in [1.82, 2.24) is 0 Å². The van der Waals surface area contributed by atoms with Crippen molar-refractivity contribution in [3.63, 3.8) is 0 Å². The molecule has 0 saturated heterocycles. The minimum atomic E-state index is -1.10. The summed E-state index contributed by atoms with van der Waals surface area (Å²) < 4.78 is 0.509. The maximum Gasteiger partial charge on any atom is 0.353 e. The van der Waals surface area contributed by atoms with E-state index in [2.05, 4.69) is 27.5 Å². The van der Waals surface area contributed by atoms with Gasteiger partial charge in [0.1, 0.15) is 5.70 Å². The number of aliphatic imine (C=N–C) groups is 1. The third-order valence-electron chi connectivity index (χ3n) is 0.536. The van der Waals surface area contributed by atoms with Gasteiger partial charge < -0.3 is 5.11 Å². The Morgan fingerprint density at radius 2 is 2.22 bits per heavy atom. The lowest BCUT2D eigenvalue weighted by Crippen LogP contribution is -1.96. The van der Waals surface area contributed by atoms with Crippen molar-refractivity contribution in [2.45, 2.75) is 6.92 Å². The number of nitrogens with zero attached hydrogens (tertiary/aromatic N) is 1. The standard InChI is InChI=1S/C5H6BrNO2/c1-3(5(8)9)7-4(2)6/h1H2,2H3,(H,8,9). The minimum absolute atomic E-state index is 0.163. The minimum Gasteiger partial charge on any atom is -0.477 e. The second kappa shape index (κ2) is 3.40. The molecule has 0 aromatic rings. The van der Waals surface area contributed by atoms with Crippen LogP contribution in [0.15, 0.2) is 17.3 Å². The third-order valence-corrected chi connectivity index (χ3v) is 0.713. The van der Waals surface area contributed by atoms with E-state index < -0.39 is 5.97 Å². The van der Waals surface area contributed by atoms with Gasteiger partial charge in [-0.25, -0.2) is 9.79 Å². The highest BCUT2D eigenvalue weighted by molar-refractivity contribution is 9.18. The number of hydrogen-bond acceptors (Lipinski definition) is 2. The van der Waals surface area contributed by atoms with Crippen molar-refractivity contribution in [3.05, 3.63) is 12.3 Å². The highest BCUT2D eigenvalue weighted by Crippen LogP contribution is 1.96. The summed E-state index contributed by atoms with van der Waals surface area (Å²) in [6.07, 6.45) is 0. The Hall–Kier alpha value is -0.640. The fraction of sp³-hybridized carbons (Fsp3) is 0.200. The Labute approximate surface area is 61.2 Å². The molecule has 4 heteroatoms. The van der Waals surface area contributed by atoms with E-state index in [0.717, 1.165) is 0 Å². The van der Waals surface area contributed by atoms with E-state index in [9.17, 15) is 4.79 Å². The number of carboxylic acid groups (broad SMARTS) is 1. The van der Waals surface area contributed by atoms with Crippen LogP contribution >= 0.6 is 15.9 Å². The predicted octanol–water partition coefficient (Wildman–Crippen LogP) is 1.40. The number of carbonyl (C=O) groups is 1. The average molecular weight is 192 g/mol. The summed E-state index contributed by atoms with van der Waals surface area (Å²) in [4.78, 5) is 13.5. The Morgan fingerprint density at radius 3 is 2.33 bits per heavy atom. The van der Waals surface area contributed by atoms with E-state index >= 15 is 0 Å². The number of carboxylic acids is 1. The maximum absolute atomic E-state index is 10.0. The summed E-state index contributed by atoms with van der Waals surface area (Å²) in [5.41, 5.74) is -0.163. The monoisotopic (exact) mass is 191 g/mol. The third kappa shape index (κ3) is 3.90. The summed E-state index contributed by atoms with van der Waals surface area (Å²) in [5.74, 6) is -1.10. The molecule has 0 fully saturated rings. The first-order valence-corrected chi connectivity index (χ1v) is 2.96. The van der Waals surface area contributed by atoms with Crippen molar-refractivity contribution in [2.24, 2.45) is 4.99 Å². The molecule has 0 aromatic carbocycles. The molecule has 0 rings (SSSR count). The van der Waals surface area contributed by atoms with Gasteiger partial charge >= 0.3 is 5.97 Å². The van der Waals surface area contributed by atoms with Gasteiger partial charge in [0.2, 0.25) is 0 Å². The summed E-state index contributed by atoms with van der Waals surface area (Å²) in [7, 11) is 0. The number of hydrogen-bond donors (Lipinski definition) is 1. The lowest BCUT2D eigenvalue weighted by molar-refractivity contribution is -0.132. The van der Waals surface area contributed by atoms with Gasteiger partial charge in [-0.05, 0) is 22.9 Å². The predicted molar refractivity (Wildman–Crippen MR) is 38.8 cm³/mol. The quantitative estimate of drug-likeness (QED) is 0.530. The number of aliphatic carboxylic acids is 1. The van der Waals surface area contributed by atoms with Gasteiger partial charge in [-0.15, -0.1) is 0 Å². The molecule has 0 atom stereocenters. The van der Waals surface area contributed by atoms with Crippen molar-refractivity contribution in [3.8, 4) is 0 Å². The van der Waals surface area contributed by atoms with Crippen LogP contribution in [0.3, 0.4) is 0 Å². The number of rotatable bonds is 2. The average Bonchev–Trinajstić information content (AvgIpc) is 1.63. The summed E-state index contributed by atoms with van der Waals surface area (Å²) in [5, 5.41) is 8.20. The Bertz CT molecular complexity index is 170. The topological polar surface area (TPSA) is 49.7 Å². The van der Waals surface area contributed by atoms with Crippen LogP contribution in [0, 0.1) is 0 Å². The van der Waals surface area contributed by atoms with E-state index in [0.29, 0.717) is 4.62 Å². The maximum atomic E-state index is 10.0. The van der Waals surface area contributed by atoms with E-state index in [1.165, 1.54) is 0 Å². The van der Waals surface area contributed by atoms with Crippen LogP contribution in [0.5, 0.6) is 0 Å². The van der Waals surface area contributed by atoms with Crippen LogP contribution in [0.4, 0.5) is 0 Å². The van der Waals surface area contributed by atoms with E-state index in [1.807, 2.05) is 0 Å². The van der Waals surface area contributed by atoms with Gasteiger partial charge in [-0.1, -0.05) is 6.58 Å². The summed E-state index contributed by atoms with van der Waals surface area (Å²) >= 11 is 2.97. The molecule has 0 spiro atoms. The first-order valence-electron chi connectivity index (χ1n) is 2.17. The van der Waals surface area contributed by atoms with Gasteiger partial charge in [0.15, 0.2) is 0 Å². The van der Waals surface area contributed by atoms with Crippen LogP contribution in [0.25, 0.3) is 0 Å². The largest absolute Gasteiger partial charge is 0.477 e. The van der Waals surface area contributed by atoms with E-state index in [4.69, 9.17) is 5.11 Å². The molecule has 9 heavy (non-hydrogen) atoms. The zero-order valence-corrected chi connectivity index (χ0v) is 6.47. The summed E-state index contributed by atoms with van der Waals surface area (Å²) in [6.45, 7) is 4.81. The highest BCUT2D eigenvalue weighted by atomic mass is 79.9. The van der Waals surface area contributed by atoms with Gasteiger partial charge in [-0.3, -0.25) is 0 Å². The van der Waals surface area contributed by atoms with Gasteiger partial charge in [0, 0.05) is 0 Å². The molecule has 0 unspecified atom stereocenters. The normalized spacial score (nSPS) is 11.1. The van der Waals surface area contributed by atoms with Crippen molar-refractivity contribution >= 4 is 26.5 Å². The van der Waals surface area contributed by atoms with Gasteiger partial charge in [0.25, 0.3) is 0 Å². The van der Waals surface area contributed by atoms with Crippen molar-refractivity contribution in [2.75, 3.05) is 0 Å². The number of halogens is 1. The summed E-state index contributed by atoms with van der Waals surface area (Å²) in [6, 6.07) is 0. The zero-order chi connectivity index (χ0) is 7.44. The Balaban J connectivity index is 4.09. The van der Waals surface area contributed by atoms with E-state index in [-0.39, 0.29) is 5.70 Å². The zero-order valence-electron chi connectivity index (χ0n) is 4.89. The van der Waals surface area contributed by atoms with Crippen molar-refractivity contribution < 1.29 is 9.90 Å². The molecule has 0 heterocycles. The van der Waals surface area contributed by atoms with Crippen LogP contribution in [0.1, 0.15) is 6.92 Å². The molecular formula is C5H6BrNO2. The van der Waals surface area contributed by atoms with Crippen LogP contribution in [-0.4, -0.2) is 15.7 Å². The highest BCUT2D eigenvalue weighted by Gasteiger charge is 1.99. The molecule has 0 aliphatic carbocycles. The molecule has 0 aliphatic rings. The molecule has 0 aliphatic heterocycles. The second-order valence-electron chi connectivity index (χ2n) is 1.36. The van der Waals surface area contributed by atoms with Crippen LogP contribution < -0.4 is 0 Å². The fourth-order valence-corrected chi connectivity index (χ4v) is 0.448. The Kier molecular flexibility index (Phi) is 3.16. The van der Waals surface area contributed by atoms with Gasteiger partial charge in [0.05, 0.1) is 4.62 Å². The van der Waals surface area contributed by atoms with Crippen LogP contribution in [0.2, 0.25) is 0 Å². The van der Waals surface area contributed by atoms with Crippen LogP contribution in [-0.2, 0) is 4.79 Å². The molecule has 0 saturated carbocycles. The molecule has 0 aromatic heterocycles. The molecule has 0 amide bonds. The molecule has 0 radical (unpaired) electrons. The lowest BCUT2D eigenvalue weighted by Gasteiger charge is -1.88. The Morgan fingerprint density at radius 1 is 1.78 bits per heavy atom. The van der Waals surface area contributed by atoms with Crippen molar-refractivity contribution in [1.29, 1.82) is 0 Å². The smallest absolute Gasteiger partial charge is 0.353 e. The lowest BCUT2D eigenvalue weighted by atomic mass is 10.5. The SMILES string of the molecule is C=C(N=C(C)Br)C(=O)O. The molecule has 0 bridgehead atoms.